The summed E-state index contributed by atoms with van der Waals surface area (Å²) >= 11 is 1.73. The van der Waals surface area contributed by atoms with Crippen LogP contribution in [0, 0.1) is 11.8 Å². The number of rotatable bonds is 7. The van der Waals surface area contributed by atoms with Crippen molar-refractivity contribution < 1.29 is 48.7 Å². The smallest absolute Gasteiger partial charge is 0.121 e. The Balaban J connectivity index is 0.00000341. The van der Waals surface area contributed by atoms with Crippen LogP contribution in [-0.2, 0) is 32.7 Å². The van der Waals surface area contributed by atoms with E-state index >= 15 is 0 Å². The Kier molecular flexibility index (Phi) is 11.0. The number of aliphatic imine (C=N–C) groups is 1. The average molecular weight is 523 g/mol. The van der Waals surface area contributed by atoms with Gasteiger partial charge in [-0.3, -0.25) is 9.89 Å². The molecule has 0 spiro atoms. The summed E-state index contributed by atoms with van der Waals surface area (Å²) in [5.74, 6) is 2.01. The van der Waals surface area contributed by atoms with E-state index in [1.807, 2.05) is 39.0 Å². The summed E-state index contributed by atoms with van der Waals surface area (Å²) < 4.78 is 0. The minimum Gasteiger partial charge on any atom is -0.861 e. The molecule has 1 heterocycles. The van der Waals surface area contributed by atoms with E-state index in [1.165, 1.54) is 30.6 Å². The molecular weight excluding hydrogens is 483 g/mol. The van der Waals surface area contributed by atoms with Gasteiger partial charge in [0.2, 0.25) is 0 Å². The van der Waals surface area contributed by atoms with Gasteiger partial charge in [0.15, 0.2) is 0 Å². The summed E-state index contributed by atoms with van der Waals surface area (Å²) in [7, 11) is 0. The fourth-order valence-corrected chi connectivity index (χ4v) is 5.76. The summed E-state index contributed by atoms with van der Waals surface area (Å²) in [4.78, 5) is 7.88. The maximum Gasteiger partial charge on any atom is 0.121 e. The van der Waals surface area contributed by atoms with Crippen LogP contribution >= 0.6 is 11.8 Å². The molecule has 0 amide bonds. The van der Waals surface area contributed by atoms with Gasteiger partial charge >= 0.3 is 0 Å². The van der Waals surface area contributed by atoms with Crippen LogP contribution in [0.5, 0.6) is 0 Å². The molecule has 1 aromatic rings. The van der Waals surface area contributed by atoms with Crippen LogP contribution in [0.3, 0.4) is 0 Å². The molecule has 31 heavy (non-hydrogen) atoms. The molecule has 1 aliphatic carbocycles. The van der Waals surface area contributed by atoms with E-state index in [1.54, 1.807) is 11.8 Å². The van der Waals surface area contributed by atoms with Gasteiger partial charge in [0.25, 0.3) is 0 Å². The van der Waals surface area contributed by atoms with E-state index in [0.717, 1.165) is 18.7 Å². The van der Waals surface area contributed by atoms with E-state index in [4.69, 9.17) is 0 Å². The molecule has 1 saturated carbocycles. The first-order valence-corrected chi connectivity index (χ1v) is 12.4. The fraction of sp³-hybridized carbons (Fsp3) is 0.708. The van der Waals surface area contributed by atoms with Gasteiger partial charge in [-0.05, 0) is 63.5 Å². The van der Waals surface area contributed by atoms with Crippen molar-refractivity contribution in [2.24, 2.45) is 16.8 Å². The summed E-state index contributed by atoms with van der Waals surface area (Å²) in [5.41, 5.74) is 3.85. The van der Waals surface area contributed by atoms with Crippen molar-refractivity contribution in [1.82, 2.24) is 4.90 Å². The molecule has 1 aromatic carbocycles. The molecule has 2 aliphatic rings. The van der Waals surface area contributed by atoms with Crippen LogP contribution in [0.2, 0.25) is 0 Å². The number of quaternary nitrogens is 1. The first-order valence-electron chi connectivity index (χ1n) is 11.4. The van der Waals surface area contributed by atoms with E-state index in [0.29, 0.717) is 18.4 Å². The molecule has 0 unspecified atom stereocenters. The number of hydrogen-bond acceptors (Lipinski definition) is 5. The van der Waals surface area contributed by atoms with Crippen molar-refractivity contribution in [3.63, 3.8) is 0 Å². The third-order valence-corrected chi connectivity index (χ3v) is 7.61. The van der Waals surface area contributed by atoms with E-state index < -0.39 is 6.10 Å². The van der Waals surface area contributed by atoms with E-state index in [9.17, 15) is 10.2 Å². The molecule has 0 bridgehead atoms. The van der Waals surface area contributed by atoms with Crippen molar-refractivity contribution in [3.05, 3.63) is 30.3 Å². The topological polar surface area (TPSA) is 86.5 Å². The first-order chi connectivity index (χ1) is 14.2. The van der Waals surface area contributed by atoms with Crippen molar-refractivity contribution in [3.8, 4) is 0 Å². The maximum absolute atomic E-state index is 13.1. The zero-order chi connectivity index (χ0) is 21.7. The Labute approximate surface area is 217 Å². The number of piperidine rings is 1. The van der Waals surface area contributed by atoms with Gasteiger partial charge in [-0.25, -0.2) is 0 Å². The van der Waals surface area contributed by atoms with Gasteiger partial charge in [0, 0.05) is 56.7 Å². The molecule has 3 rings (SSSR count). The monoisotopic (exact) mass is 522 g/mol. The molecule has 2 fully saturated rings. The van der Waals surface area contributed by atoms with Crippen molar-refractivity contribution >= 4 is 17.7 Å². The summed E-state index contributed by atoms with van der Waals surface area (Å²) in [5, 5.41) is 24.0. The molecular formula is C24H39N3O2SY. The number of aliphatic hydroxyl groups excluding tert-OH is 1. The number of nitrogens with zero attached hydrogens (tertiary/aromatic N) is 2. The third-order valence-electron chi connectivity index (χ3n) is 6.41. The van der Waals surface area contributed by atoms with Gasteiger partial charge in [0.1, 0.15) is 12.1 Å². The van der Waals surface area contributed by atoms with Gasteiger partial charge in [0.05, 0.1) is 11.3 Å². The number of likely N-dealkylation sites (tertiary alicyclic amines) is 1. The third kappa shape index (κ3) is 8.39. The fourth-order valence-electron chi connectivity index (χ4n) is 4.78. The number of hydrogen-bond donors (Lipinski definition) is 2. The molecule has 1 saturated heterocycles. The SMILES string of the molecule is CC(C)(C)N=C([O-])[C@@H]1C[C@@H]2CCCC[C@@H]2CN1C[C@@H](O)[C@@H]([NH3+])CSc1ccccc1.[Y]. The van der Waals surface area contributed by atoms with Gasteiger partial charge in [-0.2, -0.15) is 0 Å². The van der Waals surface area contributed by atoms with E-state index in [2.05, 4.69) is 27.8 Å². The molecule has 171 valence electrons. The number of benzene rings is 1. The van der Waals surface area contributed by atoms with E-state index in [-0.39, 0.29) is 56.2 Å². The Morgan fingerprint density at radius 1 is 1.23 bits per heavy atom. The second-order valence-corrected chi connectivity index (χ2v) is 11.2. The predicted molar refractivity (Wildman–Crippen MR) is 122 cm³/mol. The predicted octanol–water partition coefficient (Wildman–Crippen LogP) is 2.19. The van der Waals surface area contributed by atoms with Crippen LogP contribution in [0.15, 0.2) is 40.2 Å². The Bertz CT molecular complexity index is 698. The molecule has 5 atom stereocenters. The zero-order valence-corrected chi connectivity index (χ0v) is 23.0. The van der Waals surface area contributed by atoms with Gasteiger partial charge in [-0.1, -0.05) is 37.5 Å². The normalized spacial score (nSPS) is 27.1. The van der Waals surface area contributed by atoms with Crippen LogP contribution in [-0.4, -0.2) is 58.5 Å². The summed E-state index contributed by atoms with van der Waals surface area (Å²) in [6.07, 6.45) is 5.37. The van der Waals surface area contributed by atoms with Crippen molar-refractivity contribution in [2.75, 3.05) is 18.8 Å². The minimum atomic E-state index is -0.550. The zero-order valence-electron chi connectivity index (χ0n) is 19.4. The molecule has 4 N–H and O–H groups in total. The van der Waals surface area contributed by atoms with Gasteiger partial charge < -0.3 is 15.9 Å². The first kappa shape index (κ1) is 27.3. The summed E-state index contributed by atoms with van der Waals surface area (Å²) in [6.45, 7) is 7.33. The minimum absolute atomic E-state index is 0. The Morgan fingerprint density at radius 2 is 1.87 bits per heavy atom. The molecule has 7 heteroatoms. The second kappa shape index (κ2) is 12.5. The van der Waals surface area contributed by atoms with Crippen LogP contribution in [0.4, 0.5) is 0 Å². The molecule has 1 radical (unpaired) electrons. The number of β-amino-alcohol motifs (C(OH)–C–C–N with tert-alkyl or cyclic N) is 1. The van der Waals surface area contributed by atoms with Crippen LogP contribution in [0.25, 0.3) is 0 Å². The maximum atomic E-state index is 13.1. The number of aliphatic hydroxyl groups is 1. The van der Waals surface area contributed by atoms with Gasteiger partial charge in [-0.15, -0.1) is 11.8 Å². The second-order valence-electron chi connectivity index (χ2n) is 10.1. The molecule has 0 aromatic heterocycles. The molecule has 1 aliphatic heterocycles. The Morgan fingerprint density at radius 3 is 2.52 bits per heavy atom. The van der Waals surface area contributed by atoms with Crippen molar-refractivity contribution in [1.29, 1.82) is 0 Å². The standard InChI is InChI=1S/C24H39N3O2S.Y/c1-24(2,3)26-23(29)21-13-17-9-7-8-10-18(17)14-27(21)15-22(28)20(25)16-30-19-11-5-4-6-12-19;/h4-6,11-12,17-18,20-22,28H,7-10,13-16,25H2,1-3H3,(H,26,29);/t17-,18+,20-,21-,22+;/m0./s1. The number of fused-ring (bicyclic) bond motifs is 1. The largest absolute Gasteiger partial charge is 0.861 e. The Hall–Kier alpha value is 0.0239. The van der Waals surface area contributed by atoms with Crippen LogP contribution < -0.4 is 10.8 Å². The quantitative estimate of drug-likeness (QED) is 0.327. The summed E-state index contributed by atoms with van der Waals surface area (Å²) in [6, 6.07) is 9.94. The van der Waals surface area contributed by atoms with Crippen LogP contribution in [0.1, 0.15) is 52.9 Å². The van der Waals surface area contributed by atoms with Crippen molar-refractivity contribution in [2.45, 2.75) is 81.5 Å². The number of thioether (sulfide) groups is 1. The average Bonchev–Trinajstić information content (AvgIpc) is 2.71. The molecule has 5 nitrogen and oxygen atoms in total.